The van der Waals surface area contributed by atoms with Crippen LogP contribution in [0.3, 0.4) is 0 Å². The van der Waals surface area contributed by atoms with E-state index in [9.17, 15) is 37.8 Å². The Balaban J connectivity index is 0.000000181. The molecule has 0 spiro atoms. The summed E-state index contributed by atoms with van der Waals surface area (Å²) in [6.45, 7) is 2.69. The molecule has 9 nitrogen and oxygen atoms in total. The van der Waals surface area contributed by atoms with Crippen LogP contribution in [-0.4, -0.2) is 71.7 Å². The van der Waals surface area contributed by atoms with E-state index in [0.29, 0.717) is 74.1 Å². The largest absolute Gasteiger partial charge is 0.507 e. The van der Waals surface area contributed by atoms with Crippen molar-refractivity contribution < 1.29 is 42.5 Å². The number of anilines is 1. The molecule has 3 N–H and O–H groups in total. The molecule has 4 aromatic carbocycles. The predicted molar refractivity (Wildman–Crippen MR) is 195 cm³/mol. The second-order valence-corrected chi connectivity index (χ2v) is 14.5. The third kappa shape index (κ3) is 8.45. The van der Waals surface area contributed by atoms with Crippen LogP contribution in [0.4, 0.5) is 18.9 Å². The minimum absolute atomic E-state index is 0.0256. The molecule has 2 aliphatic heterocycles. The van der Waals surface area contributed by atoms with Gasteiger partial charge in [0.05, 0.1) is 29.9 Å². The molecular weight excluding hydrogens is 811 g/mol. The summed E-state index contributed by atoms with van der Waals surface area (Å²) in [5, 5.41) is 22.9. The molecule has 4 aromatic rings. The number of alkyl halides is 3. The van der Waals surface area contributed by atoms with Crippen molar-refractivity contribution in [1.82, 2.24) is 10.2 Å². The number of rotatable bonds is 4. The Morgan fingerprint density at radius 3 is 2.08 bits per heavy atom. The zero-order valence-electron chi connectivity index (χ0n) is 27.7. The minimum Gasteiger partial charge on any atom is -0.507 e. The molecule has 2 heterocycles. The fourth-order valence-electron chi connectivity index (χ4n) is 6.54. The SMILES string of the molecule is O=C(NC1Cc2ccc(C(=O)N3CCOCC3)cc2C1)c1cc(Br)ccc1O.O=C(c1cc(Br)ccc1O)N1CCCc2ccc(C(F)(F)F)cc21. The van der Waals surface area contributed by atoms with E-state index in [-0.39, 0.29) is 46.2 Å². The van der Waals surface area contributed by atoms with Crippen molar-refractivity contribution >= 4 is 55.3 Å². The Morgan fingerprint density at radius 1 is 0.750 bits per heavy atom. The van der Waals surface area contributed by atoms with Crippen LogP contribution < -0.4 is 10.2 Å². The van der Waals surface area contributed by atoms with Crippen molar-refractivity contribution in [2.45, 2.75) is 37.9 Å². The summed E-state index contributed by atoms with van der Waals surface area (Å²) < 4.78 is 45.6. The maximum atomic E-state index is 13.0. The van der Waals surface area contributed by atoms with Gasteiger partial charge >= 0.3 is 6.18 Å². The molecule has 52 heavy (non-hydrogen) atoms. The number of aromatic hydroxyl groups is 2. The van der Waals surface area contributed by atoms with Crippen molar-refractivity contribution in [1.29, 1.82) is 0 Å². The average Bonchev–Trinajstić information content (AvgIpc) is 3.54. The number of morpholine rings is 1. The summed E-state index contributed by atoms with van der Waals surface area (Å²) in [7, 11) is 0. The van der Waals surface area contributed by atoms with Crippen molar-refractivity contribution in [2.75, 3.05) is 37.7 Å². The Labute approximate surface area is 314 Å². The molecular formula is C38H34Br2F3N3O6. The highest BCUT2D eigenvalue weighted by atomic mass is 79.9. The van der Waals surface area contributed by atoms with Crippen LogP contribution in [0.25, 0.3) is 0 Å². The lowest BCUT2D eigenvalue weighted by Gasteiger charge is -2.30. The monoisotopic (exact) mass is 843 g/mol. The molecule has 0 saturated carbocycles. The van der Waals surface area contributed by atoms with Crippen LogP contribution in [0, 0.1) is 0 Å². The first-order chi connectivity index (χ1) is 24.8. The smallest absolute Gasteiger partial charge is 0.416 e. The molecule has 14 heteroatoms. The van der Waals surface area contributed by atoms with Gasteiger partial charge in [0, 0.05) is 45.9 Å². The van der Waals surface area contributed by atoms with Gasteiger partial charge in [0.1, 0.15) is 11.5 Å². The van der Waals surface area contributed by atoms with Gasteiger partial charge in [-0.05, 0) is 103 Å². The van der Waals surface area contributed by atoms with Gasteiger partial charge in [-0.15, -0.1) is 0 Å². The van der Waals surface area contributed by atoms with Crippen molar-refractivity contribution in [3.63, 3.8) is 0 Å². The molecule has 272 valence electrons. The topological polar surface area (TPSA) is 119 Å². The Hall–Kier alpha value is -4.40. The van der Waals surface area contributed by atoms with Gasteiger partial charge in [-0.3, -0.25) is 14.4 Å². The van der Waals surface area contributed by atoms with Gasteiger partial charge in [0.25, 0.3) is 17.7 Å². The number of benzene rings is 4. The van der Waals surface area contributed by atoms with Crippen molar-refractivity contribution in [2.24, 2.45) is 0 Å². The lowest BCUT2D eigenvalue weighted by molar-refractivity contribution is -0.137. The Morgan fingerprint density at radius 2 is 1.38 bits per heavy atom. The number of amides is 3. The number of carbonyl (C=O) groups excluding carboxylic acids is 3. The summed E-state index contributed by atoms with van der Waals surface area (Å²) in [4.78, 5) is 41.1. The Bertz CT molecular complexity index is 2020. The number of phenolic OH excluding ortho intramolecular Hbond substituents is 2. The molecule has 1 aliphatic carbocycles. The first kappa shape index (κ1) is 37.4. The average molecular weight is 846 g/mol. The quantitative estimate of drug-likeness (QED) is 0.199. The van der Waals surface area contributed by atoms with Gasteiger partial charge in [0.15, 0.2) is 0 Å². The van der Waals surface area contributed by atoms with Crippen LogP contribution >= 0.6 is 31.9 Å². The number of ether oxygens (including phenoxy) is 1. The zero-order valence-corrected chi connectivity index (χ0v) is 30.9. The van der Waals surface area contributed by atoms with E-state index in [1.54, 1.807) is 18.2 Å². The standard InChI is InChI=1S/C21H21BrN2O4.C17H13BrF3NO2/c22-16-3-4-19(25)18(12-16)20(26)23-17-10-13-1-2-14(9-15(13)11-17)21(27)24-5-7-28-8-6-24;18-12-5-6-15(23)13(9-12)16(24)22-7-1-2-10-3-4-11(8-14(10)22)17(19,20)21/h1-4,9,12,17,25H,5-8,10-11H2,(H,23,26);3-6,8-9,23H,1-2,7H2. The van der Waals surface area contributed by atoms with E-state index in [4.69, 9.17) is 4.74 Å². The second-order valence-electron chi connectivity index (χ2n) is 12.7. The molecule has 0 radical (unpaired) electrons. The van der Waals surface area contributed by atoms with E-state index >= 15 is 0 Å². The number of carbonyl (C=O) groups is 3. The van der Waals surface area contributed by atoms with Crippen molar-refractivity contribution in [3.05, 3.63) is 121 Å². The fraction of sp³-hybridized carbons (Fsp3) is 0.289. The summed E-state index contributed by atoms with van der Waals surface area (Å²) in [6, 6.07) is 18.4. The number of nitrogens with one attached hydrogen (secondary N) is 1. The van der Waals surface area contributed by atoms with E-state index < -0.39 is 17.6 Å². The molecule has 1 saturated heterocycles. The number of hydrogen-bond acceptors (Lipinski definition) is 6. The molecule has 0 bridgehead atoms. The molecule has 3 amide bonds. The van der Waals surface area contributed by atoms with E-state index in [1.807, 2.05) is 23.1 Å². The van der Waals surface area contributed by atoms with Gasteiger partial charge in [-0.1, -0.05) is 44.0 Å². The molecule has 1 unspecified atom stereocenters. The lowest BCUT2D eigenvalue weighted by atomic mass is 9.98. The molecule has 0 aromatic heterocycles. The van der Waals surface area contributed by atoms with Gasteiger partial charge < -0.3 is 30.1 Å². The second kappa shape index (κ2) is 15.7. The van der Waals surface area contributed by atoms with Crippen LogP contribution in [0.2, 0.25) is 0 Å². The number of halogens is 5. The molecule has 7 rings (SSSR count). The van der Waals surface area contributed by atoms with Crippen LogP contribution in [-0.2, 0) is 30.2 Å². The van der Waals surface area contributed by atoms with Crippen LogP contribution in [0.15, 0.2) is 81.7 Å². The van der Waals surface area contributed by atoms with E-state index in [0.717, 1.165) is 27.7 Å². The summed E-state index contributed by atoms with van der Waals surface area (Å²) in [6.07, 6.45) is -1.83. The lowest BCUT2D eigenvalue weighted by Crippen LogP contribution is -2.40. The maximum absolute atomic E-state index is 13.0. The minimum atomic E-state index is -4.47. The van der Waals surface area contributed by atoms with Gasteiger partial charge in [-0.2, -0.15) is 13.2 Å². The van der Waals surface area contributed by atoms with E-state index in [1.165, 1.54) is 29.2 Å². The van der Waals surface area contributed by atoms with Crippen LogP contribution in [0.1, 0.15) is 59.7 Å². The third-order valence-corrected chi connectivity index (χ3v) is 10.2. The predicted octanol–water partition coefficient (Wildman–Crippen LogP) is 7.29. The highest BCUT2D eigenvalue weighted by molar-refractivity contribution is 9.10. The molecule has 1 fully saturated rings. The van der Waals surface area contributed by atoms with Gasteiger partial charge in [-0.25, -0.2) is 0 Å². The van der Waals surface area contributed by atoms with Crippen LogP contribution in [0.5, 0.6) is 11.5 Å². The molecule has 1 atom stereocenters. The highest BCUT2D eigenvalue weighted by Gasteiger charge is 2.34. The normalized spacial score (nSPS) is 16.7. The summed E-state index contributed by atoms with van der Waals surface area (Å²) >= 11 is 6.55. The zero-order chi connectivity index (χ0) is 37.2. The number of nitrogens with zero attached hydrogens (tertiary/aromatic N) is 2. The highest BCUT2D eigenvalue weighted by Crippen LogP contribution is 2.37. The summed E-state index contributed by atoms with van der Waals surface area (Å²) in [5.74, 6) is -1.05. The van der Waals surface area contributed by atoms with Crippen molar-refractivity contribution in [3.8, 4) is 11.5 Å². The summed E-state index contributed by atoms with van der Waals surface area (Å²) in [5.41, 5.74) is 3.35. The fourth-order valence-corrected chi connectivity index (χ4v) is 7.26. The maximum Gasteiger partial charge on any atom is 0.416 e. The number of aryl methyl sites for hydroxylation is 1. The first-order valence-corrected chi connectivity index (χ1v) is 18.2. The Kier molecular flexibility index (Phi) is 11.3. The van der Waals surface area contributed by atoms with E-state index in [2.05, 4.69) is 37.2 Å². The third-order valence-electron chi connectivity index (χ3n) is 9.19. The van der Waals surface area contributed by atoms with Gasteiger partial charge in [0.2, 0.25) is 0 Å². The number of phenols is 2. The number of hydrogen-bond donors (Lipinski definition) is 3. The first-order valence-electron chi connectivity index (χ1n) is 16.6. The number of fused-ring (bicyclic) bond motifs is 2. The molecule has 3 aliphatic rings.